The average Bonchev–Trinajstić information content (AvgIpc) is 2.40. The summed E-state index contributed by atoms with van der Waals surface area (Å²) >= 11 is 3.48. The van der Waals surface area contributed by atoms with Crippen LogP contribution in [0.1, 0.15) is 5.56 Å². The smallest absolute Gasteiger partial charge is 0.0716 e. The van der Waals surface area contributed by atoms with Crippen molar-refractivity contribution >= 4 is 26.8 Å². The molecule has 0 saturated carbocycles. The van der Waals surface area contributed by atoms with Gasteiger partial charge in [-0.1, -0.05) is 52.3 Å². The Kier molecular flexibility index (Phi) is 2.88. The summed E-state index contributed by atoms with van der Waals surface area (Å²) in [5.41, 5.74) is 4.72. The highest BCUT2D eigenvalue weighted by Gasteiger charge is 2.06. The fourth-order valence-electron chi connectivity index (χ4n) is 2.21. The summed E-state index contributed by atoms with van der Waals surface area (Å²) in [4.78, 5) is 4.55. The maximum atomic E-state index is 4.55. The van der Waals surface area contributed by atoms with E-state index in [0.29, 0.717) is 0 Å². The number of halogens is 1. The van der Waals surface area contributed by atoms with Crippen LogP contribution in [0.25, 0.3) is 22.0 Å². The van der Waals surface area contributed by atoms with Crippen molar-refractivity contribution in [3.05, 3.63) is 64.8 Å². The van der Waals surface area contributed by atoms with Crippen molar-refractivity contribution in [1.82, 2.24) is 4.98 Å². The molecule has 0 saturated heterocycles. The van der Waals surface area contributed by atoms with Crippen LogP contribution in [0.15, 0.2) is 59.2 Å². The van der Waals surface area contributed by atoms with E-state index in [0.717, 1.165) is 9.99 Å². The minimum absolute atomic E-state index is 1.03. The zero-order valence-electron chi connectivity index (χ0n) is 10.0. The van der Waals surface area contributed by atoms with Gasteiger partial charge in [-0.3, -0.25) is 4.98 Å². The minimum Gasteiger partial charge on any atom is -0.256 e. The van der Waals surface area contributed by atoms with Gasteiger partial charge in [0.1, 0.15) is 0 Å². The minimum atomic E-state index is 1.03. The molecular weight excluding hydrogens is 286 g/mol. The first kappa shape index (κ1) is 11.4. The molecule has 0 aliphatic heterocycles. The third kappa shape index (κ3) is 1.93. The number of fused-ring (bicyclic) bond motifs is 1. The predicted octanol–water partition coefficient (Wildman–Crippen LogP) is 4.97. The Labute approximate surface area is 115 Å². The maximum Gasteiger partial charge on any atom is 0.0716 e. The summed E-state index contributed by atoms with van der Waals surface area (Å²) in [5, 5.41) is 1.21. The highest BCUT2D eigenvalue weighted by Crippen LogP contribution is 2.29. The van der Waals surface area contributed by atoms with Crippen LogP contribution in [0.3, 0.4) is 0 Å². The van der Waals surface area contributed by atoms with Gasteiger partial charge in [-0.05, 0) is 30.2 Å². The summed E-state index contributed by atoms with van der Waals surface area (Å²) in [7, 11) is 0. The molecule has 3 aromatic rings. The average molecular weight is 298 g/mol. The molecule has 1 heterocycles. The molecule has 1 nitrogen and oxygen atoms in total. The Morgan fingerprint density at radius 1 is 1.00 bits per heavy atom. The van der Waals surface area contributed by atoms with Crippen molar-refractivity contribution in [2.24, 2.45) is 0 Å². The lowest BCUT2D eigenvalue weighted by Gasteiger charge is -2.09. The quantitative estimate of drug-likeness (QED) is 0.618. The lowest BCUT2D eigenvalue weighted by Crippen LogP contribution is -1.88. The van der Waals surface area contributed by atoms with Crippen LogP contribution in [0.5, 0.6) is 0 Å². The number of nitrogens with zero attached hydrogens (tertiary/aromatic N) is 1. The fraction of sp³-hybridized carbons (Fsp3) is 0.0625. The van der Waals surface area contributed by atoms with Gasteiger partial charge in [0.15, 0.2) is 0 Å². The second kappa shape index (κ2) is 4.54. The van der Waals surface area contributed by atoms with Crippen LogP contribution in [-0.4, -0.2) is 4.98 Å². The van der Waals surface area contributed by atoms with Crippen LogP contribution in [0.4, 0.5) is 0 Å². The first-order valence-electron chi connectivity index (χ1n) is 5.86. The number of benzene rings is 2. The number of hydrogen-bond donors (Lipinski definition) is 0. The third-order valence-electron chi connectivity index (χ3n) is 3.19. The van der Waals surface area contributed by atoms with E-state index in [1.54, 1.807) is 0 Å². The topological polar surface area (TPSA) is 12.9 Å². The Morgan fingerprint density at radius 2 is 1.78 bits per heavy atom. The van der Waals surface area contributed by atoms with Crippen molar-refractivity contribution in [3.63, 3.8) is 0 Å². The van der Waals surface area contributed by atoms with Gasteiger partial charge in [0.2, 0.25) is 0 Å². The van der Waals surface area contributed by atoms with E-state index in [1.165, 1.54) is 22.1 Å². The lowest BCUT2D eigenvalue weighted by molar-refractivity contribution is 1.36. The maximum absolute atomic E-state index is 4.55. The van der Waals surface area contributed by atoms with E-state index in [2.05, 4.69) is 70.3 Å². The zero-order chi connectivity index (χ0) is 12.5. The lowest BCUT2D eigenvalue weighted by atomic mass is 9.99. The summed E-state index contributed by atoms with van der Waals surface area (Å²) < 4.78 is 1.06. The Hall–Kier alpha value is -1.67. The first-order chi connectivity index (χ1) is 8.75. The Balaban J connectivity index is 2.27. The van der Waals surface area contributed by atoms with Gasteiger partial charge in [0.05, 0.1) is 5.52 Å². The van der Waals surface area contributed by atoms with Crippen LogP contribution in [-0.2, 0) is 0 Å². The van der Waals surface area contributed by atoms with Gasteiger partial charge in [-0.15, -0.1) is 0 Å². The van der Waals surface area contributed by atoms with Gasteiger partial charge in [-0.2, -0.15) is 0 Å². The van der Waals surface area contributed by atoms with E-state index in [9.17, 15) is 0 Å². The Morgan fingerprint density at radius 3 is 2.56 bits per heavy atom. The molecule has 0 spiro atoms. The molecule has 2 aromatic carbocycles. The van der Waals surface area contributed by atoms with Crippen LogP contribution in [0, 0.1) is 6.92 Å². The van der Waals surface area contributed by atoms with E-state index in [1.807, 2.05) is 12.3 Å². The summed E-state index contributed by atoms with van der Waals surface area (Å²) in [5.74, 6) is 0. The molecule has 0 fully saturated rings. The highest BCUT2D eigenvalue weighted by atomic mass is 79.9. The number of pyridine rings is 1. The van der Waals surface area contributed by atoms with E-state index >= 15 is 0 Å². The molecule has 88 valence electrons. The molecular formula is C16H12BrN. The van der Waals surface area contributed by atoms with Crippen LogP contribution < -0.4 is 0 Å². The van der Waals surface area contributed by atoms with Crippen LogP contribution in [0.2, 0.25) is 0 Å². The van der Waals surface area contributed by atoms with Gasteiger partial charge in [-0.25, -0.2) is 0 Å². The zero-order valence-corrected chi connectivity index (χ0v) is 11.6. The Bertz CT molecular complexity index is 705. The summed E-state index contributed by atoms with van der Waals surface area (Å²) in [6.45, 7) is 2.15. The summed E-state index contributed by atoms with van der Waals surface area (Å²) in [6.07, 6.45) is 1.96. The third-order valence-corrected chi connectivity index (χ3v) is 3.68. The normalized spacial score (nSPS) is 10.8. The van der Waals surface area contributed by atoms with E-state index in [4.69, 9.17) is 0 Å². The molecule has 2 heteroatoms. The van der Waals surface area contributed by atoms with E-state index < -0.39 is 0 Å². The molecule has 0 aliphatic rings. The first-order valence-corrected chi connectivity index (χ1v) is 6.65. The summed E-state index contributed by atoms with van der Waals surface area (Å²) in [6, 6.07) is 16.6. The number of aryl methyl sites for hydroxylation is 1. The predicted molar refractivity (Wildman–Crippen MR) is 79.6 cm³/mol. The number of aromatic nitrogens is 1. The molecule has 0 radical (unpaired) electrons. The van der Waals surface area contributed by atoms with Crippen molar-refractivity contribution in [2.45, 2.75) is 6.92 Å². The standard InChI is InChI=1S/C16H12BrN/c1-11-14-8-7-13(17)9-16(14)18-10-15(11)12-5-3-2-4-6-12/h2-10H,1H3. The second-order valence-electron chi connectivity index (χ2n) is 4.32. The van der Waals surface area contributed by atoms with Crippen LogP contribution >= 0.6 is 15.9 Å². The van der Waals surface area contributed by atoms with Crippen molar-refractivity contribution < 1.29 is 0 Å². The van der Waals surface area contributed by atoms with Gasteiger partial charge < -0.3 is 0 Å². The fourth-order valence-corrected chi connectivity index (χ4v) is 2.56. The second-order valence-corrected chi connectivity index (χ2v) is 5.24. The molecule has 0 unspecified atom stereocenters. The highest BCUT2D eigenvalue weighted by molar-refractivity contribution is 9.10. The van der Waals surface area contributed by atoms with Crippen molar-refractivity contribution in [2.75, 3.05) is 0 Å². The molecule has 3 rings (SSSR count). The van der Waals surface area contributed by atoms with E-state index in [-0.39, 0.29) is 0 Å². The largest absolute Gasteiger partial charge is 0.256 e. The van der Waals surface area contributed by atoms with Crippen molar-refractivity contribution in [1.29, 1.82) is 0 Å². The monoisotopic (exact) mass is 297 g/mol. The molecule has 0 amide bonds. The van der Waals surface area contributed by atoms with Gasteiger partial charge in [0.25, 0.3) is 0 Å². The molecule has 1 aromatic heterocycles. The van der Waals surface area contributed by atoms with Gasteiger partial charge >= 0.3 is 0 Å². The molecule has 0 atom stereocenters. The molecule has 0 N–H and O–H groups in total. The molecule has 0 bridgehead atoms. The van der Waals surface area contributed by atoms with Gasteiger partial charge in [0, 0.05) is 21.6 Å². The van der Waals surface area contributed by atoms with Crippen molar-refractivity contribution in [3.8, 4) is 11.1 Å². The number of rotatable bonds is 1. The number of hydrogen-bond acceptors (Lipinski definition) is 1. The SMILES string of the molecule is Cc1c(-c2ccccc2)cnc2cc(Br)ccc12. The molecule has 18 heavy (non-hydrogen) atoms. The molecule has 0 aliphatic carbocycles.